The van der Waals surface area contributed by atoms with Gasteiger partial charge >= 0.3 is 0 Å². The number of amides is 1. The molecule has 1 heterocycles. The van der Waals surface area contributed by atoms with E-state index in [4.69, 9.17) is 4.74 Å². The van der Waals surface area contributed by atoms with E-state index in [1.165, 1.54) is 7.11 Å². The molecular formula is C24H17F2NO4. The number of benzene rings is 3. The van der Waals surface area contributed by atoms with Gasteiger partial charge in [0.1, 0.15) is 23.1 Å². The van der Waals surface area contributed by atoms with Gasteiger partial charge in [0.2, 0.25) is 0 Å². The van der Waals surface area contributed by atoms with Crippen LogP contribution in [0.25, 0.3) is 5.76 Å². The van der Waals surface area contributed by atoms with Crippen LogP contribution in [-0.4, -0.2) is 23.9 Å². The SMILES string of the molecule is COc1ccccc1/C(O)=C1\C(=O)C(=O)N(c2ccc(F)cc2F)C1c1ccccc1. The maximum Gasteiger partial charge on any atom is 0.300 e. The first-order valence-electron chi connectivity index (χ1n) is 9.38. The van der Waals surface area contributed by atoms with Crippen LogP contribution in [0.1, 0.15) is 17.2 Å². The van der Waals surface area contributed by atoms with Crippen molar-refractivity contribution in [2.45, 2.75) is 6.04 Å². The maximum absolute atomic E-state index is 14.6. The second kappa shape index (κ2) is 8.02. The molecule has 0 saturated carbocycles. The highest BCUT2D eigenvalue weighted by molar-refractivity contribution is 6.51. The number of carbonyl (C=O) groups excluding carboxylic acids is 2. The molecule has 3 aromatic rings. The average molecular weight is 421 g/mol. The number of hydrogen-bond acceptors (Lipinski definition) is 4. The highest BCUT2D eigenvalue weighted by Gasteiger charge is 2.47. The molecule has 0 radical (unpaired) electrons. The lowest BCUT2D eigenvalue weighted by molar-refractivity contribution is -0.132. The fourth-order valence-electron chi connectivity index (χ4n) is 3.69. The van der Waals surface area contributed by atoms with Crippen molar-refractivity contribution in [3.63, 3.8) is 0 Å². The molecule has 31 heavy (non-hydrogen) atoms. The zero-order valence-corrected chi connectivity index (χ0v) is 16.4. The molecule has 1 fully saturated rings. The predicted molar refractivity (Wildman–Crippen MR) is 111 cm³/mol. The Hall–Kier alpha value is -4.00. The number of Topliss-reactive ketones (excluding diaryl/α,β-unsaturated/α-hetero) is 1. The molecule has 0 aliphatic carbocycles. The van der Waals surface area contributed by atoms with Crippen molar-refractivity contribution < 1.29 is 28.2 Å². The van der Waals surface area contributed by atoms with Gasteiger partial charge in [-0.1, -0.05) is 42.5 Å². The maximum atomic E-state index is 14.6. The van der Waals surface area contributed by atoms with Crippen LogP contribution in [0.5, 0.6) is 5.75 Å². The number of aliphatic hydroxyl groups is 1. The molecule has 7 heteroatoms. The Morgan fingerprint density at radius 2 is 1.65 bits per heavy atom. The Labute approximate surface area is 176 Å². The molecule has 0 aromatic heterocycles. The zero-order chi connectivity index (χ0) is 22.1. The monoisotopic (exact) mass is 421 g/mol. The topological polar surface area (TPSA) is 66.8 Å². The fraction of sp³-hybridized carbons (Fsp3) is 0.0833. The first kappa shape index (κ1) is 20.3. The number of ketones is 1. The van der Waals surface area contributed by atoms with E-state index >= 15 is 0 Å². The van der Waals surface area contributed by atoms with Gasteiger partial charge in [-0.05, 0) is 29.8 Å². The first-order chi connectivity index (χ1) is 14.9. The highest BCUT2D eigenvalue weighted by Crippen LogP contribution is 2.43. The molecule has 5 nitrogen and oxygen atoms in total. The minimum absolute atomic E-state index is 0.212. The van der Waals surface area contributed by atoms with Crippen LogP contribution in [0.2, 0.25) is 0 Å². The van der Waals surface area contributed by atoms with Crippen LogP contribution in [0.15, 0.2) is 78.4 Å². The van der Waals surface area contributed by atoms with E-state index in [1.54, 1.807) is 54.6 Å². The normalized spacial score (nSPS) is 17.8. The molecule has 3 aromatic carbocycles. The largest absolute Gasteiger partial charge is 0.507 e. The third kappa shape index (κ3) is 3.44. The number of hydrogen-bond donors (Lipinski definition) is 1. The average Bonchev–Trinajstić information content (AvgIpc) is 3.04. The minimum Gasteiger partial charge on any atom is -0.507 e. The van der Waals surface area contributed by atoms with Crippen molar-refractivity contribution in [3.8, 4) is 5.75 Å². The molecule has 156 valence electrons. The Morgan fingerprint density at radius 1 is 0.968 bits per heavy atom. The third-order valence-corrected chi connectivity index (χ3v) is 5.09. The van der Waals surface area contributed by atoms with Crippen LogP contribution in [0.3, 0.4) is 0 Å². The van der Waals surface area contributed by atoms with E-state index < -0.39 is 35.1 Å². The van der Waals surface area contributed by atoms with Crippen molar-refractivity contribution in [3.05, 3.63) is 101 Å². The van der Waals surface area contributed by atoms with Gasteiger partial charge in [0.15, 0.2) is 0 Å². The van der Waals surface area contributed by atoms with Crippen LogP contribution < -0.4 is 9.64 Å². The second-order valence-corrected chi connectivity index (χ2v) is 6.88. The number of halogens is 2. The van der Waals surface area contributed by atoms with Gasteiger partial charge in [-0.15, -0.1) is 0 Å². The standard InChI is InChI=1S/C24H17F2NO4/c1-31-19-10-6-5-9-16(19)22(28)20-21(14-7-3-2-4-8-14)27(24(30)23(20)29)18-12-11-15(25)13-17(18)26/h2-13,21,28H,1H3/b22-20+. The molecule has 0 bridgehead atoms. The van der Waals surface area contributed by atoms with Gasteiger partial charge in [0.05, 0.1) is 30.0 Å². The van der Waals surface area contributed by atoms with Gasteiger partial charge in [-0.2, -0.15) is 0 Å². The zero-order valence-electron chi connectivity index (χ0n) is 16.4. The van der Waals surface area contributed by atoms with Crippen molar-refractivity contribution in [1.82, 2.24) is 0 Å². The number of aliphatic hydroxyl groups excluding tert-OH is 1. The van der Waals surface area contributed by atoms with Crippen LogP contribution in [0, 0.1) is 11.6 Å². The van der Waals surface area contributed by atoms with Crippen LogP contribution >= 0.6 is 0 Å². The van der Waals surface area contributed by atoms with Gasteiger partial charge < -0.3 is 9.84 Å². The van der Waals surface area contributed by atoms with E-state index in [2.05, 4.69) is 0 Å². The summed E-state index contributed by atoms with van der Waals surface area (Å²) in [4.78, 5) is 26.9. The first-order valence-corrected chi connectivity index (χ1v) is 9.38. The van der Waals surface area contributed by atoms with Gasteiger partial charge in [0, 0.05) is 6.07 Å². The molecule has 0 spiro atoms. The molecule has 1 unspecified atom stereocenters. The summed E-state index contributed by atoms with van der Waals surface area (Å²) < 4.78 is 33.3. The van der Waals surface area contributed by atoms with Crippen molar-refractivity contribution >= 4 is 23.1 Å². The quantitative estimate of drug-likeness (QED) is 0.380. The van der Waals surface area contributed by atoms with Crippen molar-refractivity contribution in [2.24, 2.45) is 0 Å². The van der Waals surface area contributed by atoms with Gasteiger partial charge in [-0.25, -0.2) is 8.78 Å². The molecule has 4 rings (SSSR count). The number of anilines is 1. The molecule has 1 aliphatic rings. The third-order valence-electron chi connectivity index (χ3n) is 5.09. The van der Waals surface area contributed by atoms with Crippen LogP contribution in [0.4, 0.5) is 14.5 Å². The highest BCUT2D eigenvalue weighted by atomic mass is 19.1. The summed E-state index contributed by atoms with van der Waals surface area (Å²) in [5, 5.41) is 11.1. The summed E-state index contributed by atoms with van der Waals surface area (Å²) in [5.74, 6) is -3.99. The predicted octanol–water partition coefficient (Wildman–Crippen LogP) is 4.60. The van der Waals surface area contributed by atoms with E-state index in [9.17, 15) is 23.5 Å². The molecular weight excluding hydrogens is 404 g/mol. The minimum atomic E-state index is -1.12. The molecule has 1 amide bonds. The lowest BCUT2D eigenvalue weighted by Gasteiger charge is -2.25. The summed E-state index contributed by atoms with van der Waals surface area (Å²) in [6, 6.07) is 16.5. The molecule has 1 aliphatic heterocycles. The lowest BCUT2D eigenvalue weighted by atomic mass is 9.95. The summed E-state index contributed by atoms with van der Waals surface area (Å²) in [7, 11) is 1.41. The summed E-state index contributed by atoms with van der Waals surface area (Å²) in [6.45, 7) is 0. The molecule has 1 saturated heterocycles. The number of carbonyl (C=O) groups is 2. The summed E-state index contributed by atoms with van der Waals surface area (Å²) in [5.41, 5.74) is 0.200. The molecule has 1 N–H and O–H groups in total. The Kier molecular flexibility index (Phi) is 5.25. The van der Waals surface area contributed by atoms with E-state index in [-0.39, 0.29) is 16.8 Å². The summed E-state index contributed by atoms with van der Waals surface area (Å²) >= 11 is 0. The number of rotatable bonds is 4. The second-order valence-electron chi connectivity index (χ2n) is 6.88. The smallest absolute Gasteiger partial charge is 0.300 e. The van der Waals surface area contributed by atoms with Crippen molar-refractivity contribution in [1.29, 1.82) is 0 Å². The van der Waals surface area contributed by atoms with Gasteiger partial charge in [-0.3, -0.25) is 14.5 Å². The molecule has 1 atom stereocenters. The van der Waals surface area contributed by atoms with Crippen molar-refractivity contribution in [2.75, 3.05) is 12.0 Å². The Morgan fingerprint density at radius 3 is 2.32 bits per heavy atom. The Bertz CT molecular complexity index is 1210. The van der Waals surface area contributed by atoms with Crippen LogP contribution in [-0.2, 0) is 9.59 Å². The van der Waals surface area contributed by atoms with E-state index in [0.29, 0.717) is 17.4 Å². The number of methoxy groups -OCH3 is 1. The van der Waals surface area contributed by atoms with E-state index in [1.807, 2.05) is 0 Å². The number of para-hydroxylation sites is 1. The Balaban J connectivity index is 1.99. The van der Waals surface area contributed by atoms with E-state index in [0.717, 1.165) is 17.0 Å². The fourth-order valence-corrected chi connectivity index (χ4v) is 3.69. The summed E-state index contributed by atoms with van der Waals surface area (Å²) in [6.07, 6.45) is 0. The number of ether oxygens (including phenoxy) is 1. The number of nitrogens with zero attached hydrogens (tertiary/aromatic N) is 1. The lowest BCUT2D eigenvalue weighted by Crippen LogP contribution is -2.30. The van der Waals surface area contributed by atoms with Gasteiger partial charge in [0.25, 0.3) is 11.7 Å².